The Hall–Kier alpha value is -3.87. The van der Waals surface area contributed by atoms with E-state index in [0.717, 1.165) is 27.7 Å². The molecule has 0 aliphatic rings. The summed E-state index contributed by atoms with van der Waals surface area (Å²) in [7, 11) is 3.20. The Balaban J connectivity index is 1.65. The topological polar surface area (TPSA) is 95.2 Å². The van der Waals surface area contributed by atoms with Crippen LogP contribution in [0, 0.1) is 6.92 Å². The minimum absolute atomic E-state index is 0.350. The molecule has 2 aromatic heterocycles. The highest BCUT2D eigenvalue weighted by atomic mass is 16.5. The molecule has 0 aliphatic carbocycles. The van der Waals surface area contributed by atoms with Crippen molar-refractivity contribution in [2.45, 2.75) is 6.92 Å². The van der Waals surface area contributed by atoms with Gasteiger partial charge in [0.1, 0.15) is 5.82 Å². The molecule has 0 radical (unpaired) electrons. The molecular weight excluding hydrogens is 366 g/mol. The number of fused-ring (bicyclic) bond motifs is 1. The van der Waals surface area contributed by atoms with E-state index in [1.54, 1.807) is 20.4 Å². The van der Waals surface area contributed by atoms with E-state index in [2.05, 4.69) is 20.3 Å². The van der Waals surface area contributed by atoms with E-state index in [0.29, 0.717) is 28.8 Å². The van der Waals surface area contributed by atoms with Gasteiger partial charge in [-0.25, -0.2) is 4.98 Å². The van der Waals surface area contributed by atoms with Crippen molar-refractivity contribution < 1.29 is 9.47 Å². The van der Waals surface area contributed by atoms with E-state index in [9.17, 15) is 0 Å². The van der Waals surface area contributed by atoms with Crippen molar-refractivity contribution in [3.8, 4) is 22.8 Å². The molecule has 0 atom stereocenters. The smallest absolute Gasteiger partial charge is 0.229 e. The predicted octanol–water partition coefficient (Wildman–Crippen LogP) is 4.34. The highest BCUT2D eigenvalue weighted by Gasteiger charge is 2.12. The van der Waals surface area contributed by atoms with Gasteiger partial charge in [0, 0.05) is 29.5 Å². The number of nitrogen functional groups attached to an aromatic ring is 1. The summed E-state index contributed by atoms with van der Waals surface area (Å²) in [6.45, 7) is 1.96. The van der Waals surface area contributed by atoms with Crippen LogP contribution in [-0.4, -0.2) is 29.2 Å². The molecule has 0 unspecified atom stereocenters. The van der Waals surface area contributed by atoms with Crippen molar-refractivity contribution in [3.63, 3.8) is 0 Å². The van der Waals surface area contributed by atoms with Gasteiger partial charge in [-0.2, -0.15) is 4.98 Å². The highest BCUT2D eigenvalue weighted by Crippen LogP contribution is 2.34. The largest absolute Gasteiger partial charge is 0.493 e. The van der Waals surface area contributed by atoms with E-state index >= 15 is 0 Å². The summed E-state index contributed by atoms with van der Waals surface area (Å²) >= 11 is 0. The number of hydrogen-bond acceptors (Lipinski definition) is 7. The number of nitrogens with zero attached hydrogens (tertiary/aromatic N) is 3. The van der Waals surface area contributed by atoms with Crippen molar-refractivity contribution in [3.05, 3.63) is 60.4 Å². The lowest BCUT2D eigenvalue weighted by molar-refractivity contribution is 0.355. The Morgan fingerprint density at radius 1 is 0.897 bits per heavy atom. The molecule has 0 saturated heterocycles. The predicted molar refractivity (Wildman–Crippen MR) is 115 cm³/mol. The summed E-state index contributed by atoms with van der Waals surface area (Å²) in [4.78, 5) is 13.3. The average molecular weight is 387 g/mol. The zero-order chi connectivity index (χ0) is 20.4. The second-order valence-corrected chi connectivity index (χ2v) is 6.56. The highest BCUT2D eigenvalue weighted by molar-refractivity contribution is 5.86. The number of benzene rings is 2. The number of rotatable bonds is 5. The zero-order valence-corrected chi connectivity index (χ0v) is 16.4. The van der Waals surface area contributed by atoms with Gasteiger partial charge in [0.05, 0.1) is 25.5 Å². The lowest BCUT2D eigenvalue weighted by Crippen LogP contribution is -2.04. The Kier molecular flexibility index (Phi) is 4.87. The number of nitrogens with one attached hydrogen (secondary N) is 1. The fourth-order valence-corrected chi connectivity index (χ4v) is 3.12. The molecule has 4 rings (SSSR count). The Bertz CT molecular complexity index is 1190. The minimum atomic E-state index is 0.350. The maximum Gasteiger partial charge on any atom is 0.229 e. The van der Waals surface area contributed by atoms with E-state index in [4.69, 9.17) is 15.2 Å². The molecule has 29 heavy (non-hydrogen) atoms. The Labute approximate surface area is 168 Å². The molecule has 0 bridgehead atoms. The Morgan fingerprint density at radius 2 is 1.62 bits per heavy atom. The van der Waals surface area contributed by atoms with Crippen LogP contribution in [0.3, 0.4) is 0 Å². The molecule has 0 aliphatic heterocycles. The monoisotopic (exact) mass is 387 g/mol. The van der Waals surface area contributed by atoms with E-state index in [1.165, 1.54) is 0 Å². The maximum atomic E-state index is 6.22. The van der Waals surface area contributed by atoms with Crippen molar-refractivity contribution >= 4 is 28.2 Å². The molecule has 4 aromatic rings. The molecule has 0 saturated carbocycles. The van der Waals surface area contributed by atoms with Crippen LogP contribution in [0.1, 0.15) is 5.56 Å². The second kappa shape index (κ2) is 7.63. The summed E-state index contributed by atoms with van der Waals surface area (Å²) in [5, 5.41) is 5.34. The van der Waals surface area contributed by atoms with Gasteiger partial charge < -0.3 is 20.5 Å². The van der Waals surface area contributed by atoms with Gasteiger partial charge in [-0.3, -0.25) is 4.98 Å². The molecule has 0 fully saturated rings. The summed E-state index contributed by atoms with van der Waals surface area (Å²) < 4.78 is 10.7. The van der Waals surface area contributed by atoms with Gasteiger partial charge in [-0.05, 0) is 30.0 Å². The number of aromatic nitrogens is 3. The van der Waals surface area contributed by atoms with Crippen molar-refractivity contribution in [2.75, 3.05) is 25.3 Å². The number of anilines is 3. The number of nitrogens with two attached hydrogens (primary N) is 1. The third-order valence-corrected chi connectivity index (χ3v) is 4.70. The van der Waals surface area contributed by atoms with Crippen LogP contribution >= 0.6 is 0 Å². The number of methoxy groups -OCH3 is 2. The Morgan fingerprint density at radius 3 is 2.34 bits per heavy atom. The standard InChI is InChI=1S/C22H21N5O2/c1-13-8-19(28-2)20(29-3)10-17(13)26-22-25-12-16(21(23)27-22)18-9-14-6-4-5-7-15(14)11-24-18/h4-12H,1-3H3,(H3,23,25,26,27). The average Bonchev–Trinajstić information content (AvgIpc) is 2.74. The second-order valence-electron chi connectivity index (χ2n) is 6.56. The van der Waals surface area contributed by atoms with Gasteiger partial charge in [0.15, 0.2) is 11.5 Å². The number of pyridine rings is 1. The third-order valence-electron chi connectivity index (χ3n) is 4.70. The van der Waals surface area contributed by atoms with Crippen LogP contribution in [0.2, 0.25) is 0 Å². The van der Waals surface area contributed by atoms with E-state index in [-0.39, 0.29) is 0 Å². The molecule has 2 heterocycles. The maximum absolute atomic E-state index is 6.22. The van der Waals surface area contributed by atoms with Gasteiger partial charge in [0.25, 0.3) is 0 Å². The fourth-order valence-electron chi connectivity index (χ4n) is 3.12. The molecule has 0 amide bonds. The summed E-state index contributed by atoms with van der Waals surface area (Å²) in [5.74, 6) is 2.02. The van der Waals surface area contributed by atoms with Crippen LogP contribution < -0.4 is 20.5 Å². The van der Waals surface area contributed by atoms with Crippen molar-refractivity contribution in [1.82, 2.24) is 15.0 Å². The number of ether oxygens (including phenoxy) is 2. The van der Waals surface area contributed by atoms with E-state index in [1.807, 2.05) is 55.6 Å². The quantitative estimate of drug-likeness (QED) is 0.526. The molecule has 146 valence electrons. The number of aryl methyl sites for hydroxylation is 1. The first kappa shape index (κ1) is 18.5. The van der Waals surface area contributed by atoms with Gasteiger partial charge in [0.2, 0.25) is 5.95 Å². The fraction of sp³-hybridized carbons (Fsp3) is 0.136. The lowest BCUT2D eigenvalue weighted by Gasteiger charge is -2.14. The summed E-state index contributed by atoms with van der Waals surface area (Å²) in [6.07, 6.45) is 3.50. The first-order chi connectivity index (χ1) is 14.1. The van der Waals surface area contributed by atoms with Gasteiger partial charge in [-0.1, -0.05) is 24.3 Å². The first-order valence-corrected chi connectivity index (χ1v) is 9.06. The zero-order valence-electron chi connectivity index (χ0n) is 16.4. The summed E-state index contributed by atoms with van der Waals surface area (Å²) in [6, 6.07) is 13.7. The van der Waals surface area contributed by atoms with Crippen molar-refractivity contribution in [2.24, 2.45) is 0 Å². The normalized spacial score (nSPS) is 10.7. The van der Waals surface area contributed by atoms with Gasteiger partial charge in [-0.15, -0.1) is 0 Å². The minimum Gasteiger partial charge on any atom is -0.493 e. The van der Waals surface area contributed by atoms with Gasteiger partial charge >= 0.3 is 0 Å². The van der Waals surface area contributed by atoms with Crippen LogP contribution in [0.15, 0.2) is 54.9 Å². The molecular formula is C22H21N5O2. The van der Waals surface area contributed by atoms with Crippen LogP contribution in [0.25, 0.3) is 22.0 Å². The van der Waals surface area contributed by atoms with E-state index < -0.39 is 0 Å². The first-order valence-electron chi connectivity index (χ1n) is 9.06. The SMILES string of the molecule is COc1cc(C)c(Nc2ncc(-c3cc4ccccc4cn3)c(N)n2)cc1OC. The third kappa shape index (κ3) is 3.62. The van der Waals surface area contributed by atoms with Crippen molar-refractivity contribution in [1.29, 1.82) is 0 Å². The lowest BCUT2D eigenvalue weighted by atomic mass is 10.1. The summed E-state index contributed by atoms with van der Waals surface area (Å²) in [5.41, 5.74) is 9.40. The van der Waals surface area contributed by atoms with Crippen LogP contribution in [0.4, 0.5) is 17.5 Å². The number of hydrogen-bond donors (Lipinski definition) is 2. The molecule has 2 aromatic carbocycles. The molecule has 7 nitrogen and oxygen atoms in total. The van der Waals surface area contributed by atoms with Crippen LogP contribution in [-0.2, 0) is 0 Å². The van der Waals surface area contributed by atoms with Crippen LogP contribution in [0.5, 0.6) is 11.5 Å². The molecule has 7 heteroatoms. The molecule has 0 spiro atoms. The molecule has 3 N–H and O–H groups in total.